The van der Waals surface area contributed by atoms with Gasteiger partial charge >= 0.3 is 0 Å². The number of nitrogens with two attached hydrogens (primary N) is 1. The topological polar surface area (TPSA) is 101 Å². The van der Waals surface area contributed by atoms with E-state index >= 15 is 0 Å². The molecule has 2 amide bonds. The van der Waals surface area contributed by atoms with Crippen molar-refractivity contribution in [3.8, 4) is 5.75 Å². The Labute approximate surface area is 181 Å². The lowest BCUT2D eigenvalue weighted by Gasteiger charge is -2.22. The number of amides is 2. The first kappa shape index (κ1) is 20.7. The van der Waals surface area contributed by atoms with E-state index in [9.17, 15) is 9.59 Å². The van der Waals surface area contributed by atoms with E-state index in [0.29, 0.717) is 24.6 Å². The Balaban J connectivity index is 0.000000158. The molecule has 7 heteroatoms. The van der Waals surface area contributed by atoms with Gasteiger partial charge in [-0.25, -0.2) is 0 Å². The van der Waals surface area contributed by atoms with E-state index in [1.165, 1.54) is 5.56 Å². The highest BCUT2D eigenvalue weighted by atomic mass is 16.5. The first-order chi connectivity index (χ1) is 15.0. The zero-order valence-corrected chi connectivity index (χ0v) is 17.5. The Hall–Kier alpha value is -3.61. The summed E-state index contributed by atoms with van der Waals surface area (Å²) in [5, 5.41) is 6.98. The Morgan fingerprint density at radius 2 is 1.87 bits per heavy atom. The normalized spacial score (nSPS) is 17.4. The van der Waals surface area contributed by atoms with Crippen molar-refractivity contribution in [1.29, 1.82) is 0 Å². The summed E-state index contributed by atoms with van der Waals surface area (Å²) in [6, 6.07) is 18.0. The number of nitrogens with one attached hydrogen (secondary N) is 1. The predicted octanol–water partition coefficient (Wildman–Crippen LogP) is 3.21. The van der Waals surface area contributed by atoms with Crippen LogP contribution in [-0.2, 0) is 17.6 Å². The molecule has 0 saturated carbocycles. The number of hydrogen-bond donors (Lipinski definition) is 2. The monoisotopic (exact) mass is 418 g/mol. The van der Waals surface area contributed by atoms with Crippen LogP contribution in [0.2, 0.25) is 0 Å². The molecule has 0 radical (unpaired) electrons. The Morgan fingerprint density at radius 3 is 2.65 bits per heavy atom. The van der Waals surface area contributed by atoms with Crippen LogP contribution in [0.25, 0.3) is 0 Å². The van der Waals surface area contributed by atoms with E-state index < -0.39 is 5.91 Å². The van der Waals surface area contributed by atoms with Gasteiger partial charge in [0.25, 0.3) is 5.91 Å². The third kappa shape index (κ3) is 4.45. The van der Waals surface area contributed by atoms with Crippen molar-refractivity contribution in [2.75, 3.05) is 18.6 Å². The lowest BCUT2D eigenvalue weighted by atomic mass is 9.82. The number of rotatable bonds is 2. The van der Waals surface area contributed by atoms with E-state index in [1.807, 2.05) is 30.3 Å². The zero-order valence-electron chi connectivity index (χ0n) is 17.5. The molecule has 160 valence electrons. The van der Waals surface area contributed by atoms with E-state index in [4.69, 9.17) is 10.5 Å². The van der Waals surface area contributed by atoms with Gasteiger partial charge in [0.05, 0.1) is 18.7 Å². The summed E-state index contributed by atoms with van der Waals surface area (Å²) in [5.41, 5.74) is 9.99. The van der Waals surface area contributed by atoms with Crippen molar-refractivity contribution in [2.45, 2.75) is 31.6 Å². The Morgan fingerprint density at radius 1 is 1.13 bits per heavy atom. The highest BCUT2D eigenvalue weighted by molar-refractivity contribution is 5.95. The molecule has 2 aliphatic rings. The number of primary amides is 1. The Bertz CT molecular complexity index is 1080. The average molecular weight is 418 g/mol. The molecule has 0 spiro atoms. The summed E-state index contributed by atoms with van der Waals surface area (Å²) >= 11 is 0. The van der Waals surface area contributed by atoms with E-state index in [2.05, 4.69) is 34.5 Å². The maximum Gasteiger partial charge on any atom is 0.269 e. The van der Waals surface area contributed by atoms with Crippen LogP contribution >= 0.6 is 0 Å². The van der Waals surface area contributed by atoms with Crippen molar-refractivity contribution in [1.82, 2.24) is 10.2 Å². The highest BCUT2D eigenvalue weighted by Gasteiger charge is 2.26. The molecule has 1 unspecified atom stereocenters. The van der Waals surface area contributed by atoms with Gasteiger partial charge in [0.2, 0.25) is 5.91 Å². The van der Waals surface area contributed by atoms with Crippen LogP contribution in [0.15, 0.2) is 54.6 Å². The number of hydrogen-bond acceptors (Lipinski definition) is 4. The molecular formula is C24H26N4O3. The molecule has 2 aromatic carbocycles. The fourth-order valence-electron chi connectivity index (χ4n) is 4.13. The lowest BCUT2D eigenvalue weighted by molar-refractivity contribution is -0.118. The minimum absolute atomic E-state index is 0.102. The standard InChI is InChI=1S/C14H15N3O.C10H11NO2/c15-14(18)13-11-7-6-10(8-12(11)16-17-13)9-4-2-1-3-5-9;1-11-8-4-2-3-5-9(8)13-7-6-10(11)12/h1-5,10H,6-8H2,(H2,15,18)(H,16,17);2-5H,6-7H2,1H3. The summed E-state index contributed by atoms with van der Waals surface area (Å²) in [6.07, 6.45) is 3.26. The number of ether oxygens (including phenoxy) is 1. The van der Waals surface area contributed by atoms with E-state index in [1.54, 1.807) is 11.9 Å². The lowest BCUT2D eigenvalue weighted by Crippen LogP contribution is -2.24. The molecule has 31 heavy (non-hydrogen) atoms. The van der Waals surface area contributed by atoms with Crippen molar-refractivity contribution in [3.63, 3.8) is 0 Å². The van der Waals surface area contributed by atoms with Crippen molar-refractivity contribution in [3.05, 3.63) is 77.1 Å². The van der Waals surface area contributed by atoms with E-state index in [-0.39, 0.29) is 5.91 Å². The van der Waals surface area contributed by atoms with Gasteiger partial charge in [-0.1, -0.05) is 42.5 Å². The van der Waals surface area contributed by atoms with Gasteiger partial charge in [-0.3, -0.25) is 14.7 Å². The molecule has 2 heterocycles. The molecule has 1 aromatic heterocycles. The zero-order chi connectivity index (χ0) is 21.8. The van der Waals surface area contributed by atoms with Gasteiger partial charge < -0.3 is 15.4 Å². The molecule has 7 nitrogen and oxygen atoms in total. The maximum absolute atomic E-state index is 11.4. The largest absolute Gasteiger partial charge is 0.491 e. The maximum atomic E-state index is 11.4. The number of benzene rings is 2. The highest BCUT2D eigenvalue weighted by Crippen LogP contribution is 2.33. The summed E-state index contributed by atoms with van der Waals surface area (Å²) in [4.78, 5) is 24.3. The minimum atomic E-state index is -0.439. The molecule has 1 atom stereocenters. The molecule has 1 aliphatic carbocycles. The second kappa shape index (κ2) is 9.04. The number of aromatic amines is 1. The first-order valence-corrected chi connectivity index (χ1v) is 10.4. The number of para-hydroxylation sites is 2. The van der Waals surface area contributed by atoms with Gasteiger partial charge in [0.1, 0.15) is 5.75 Å². The predicted molar refractivity (Wildman–Crippen MR) is 118 cm³/mol. The van der Waals surface area contributed by atoms with Crippen LogP contribution in [0.3, 0.4) is 0 Å². The van der Waals surface area contributed by atoms with Gasteiger partial charge in [-0.15, -0.1) is 0 Å². The number of anilines is 1. The molecule has 0 saturated heterocycles. The van der Waals surface area contributed by atoms with Crippen LogP contribution in [0.1, 0.15) is 46.1 Å². The summed E-state index contributed by atoms with van der Waals surface area (Å²) in [7, 11) is 1.77. The van der Waals surface area contributed by atoms with E-state index in [0.717, 1.165) is 42.0 Å². The summed E-state index contributed by atoms with van der Waals surface area (Å²) < 4.78 is 5.43. The molecule has 3 N–H and O–H groups in total. The molecular weight excluding hydrogens is 392 g/mol. The van der Waals surface area contributed by atoms with Crippen molar-refractivity contribution >= 4 is 17.5 Å². The van der Waals surface area contributed by atoms with Crippen LogP contribution in [0.4, 0.5) is 5.69 Å². The minimum Gasteiger partial charge on any atom is -0.491 e. The third-order valence-electron chi connectivity index (χ3n) is 5.82. The second-order valence-corrected chi connectivity index (χ2v) is 7.76. The van der Waals surface area contributed by atoms with Crippen LogP contribution in [-0.4, -0.2) is 35.7 Å². The quantitative estimate of drug-likeness (QED) is 0.667. The number of H-pyrrole nitrogens is 1. The van der Waals surface area contributed by atoms with Crippen molar-refractivity contribution < 1.29 is 14.3 Å². The second-order valence-electron chi connectivity index (χ2n) is 7.76. The average Bonchev–Trinajstić information content (AvgIpc) is 3.17. The van der Waals surface area contributed by atoms with Gasteiger partial charge in [-0.2, -0.15) is 5.10 Å². The molecule has 3 aromatic rings. The molecule has 5 rings (SSSR count). The van der Waals surface area contributed by atoms with Gasteiger partial charge in [0, 0.05) is 18.3 Å². The van der Waals surface area contributed by atoms with Crippen molar-refractivity contribution in [2.24, 2.45) is 5.73 Å². The van der Waals surface area contributed by atoms with Gasteiger partial charge in [-0.05, 0) is 42.9 Å². The smallest absolute Gasteiger partial charge is 0.269 e. The molecule has 1 aliphatic heterocycles. The molecule has 0 fully saturated rings. The fourth-order valence-corrected chi connectivity index (χ4v) is 4.13. The number of fused-ring (bicyclic) bond motifs is 2. The number of carbonyl (C=O) groups excluding carboxylic acids is 2. The molecule has 0 bridgehead atoms. The fraction of sp³-hybridized carbons (Fsp3) is 0.292. The van der Waals surface area contributed by atoms with Crippen LogP contribution < -0.4 is 15.4 Å². The first-order valence-electron chi connectivity index (χ1n) is 10.4. The Kier molecular flexibility index (Phi) is 6.02. The summed E-state index contributed by atoms with van der Waals surface area (Å²) in [6.45, 7) is 0.472. The SMILES string of the molecule is CN1C(=O)CCOc2ccccc21.NC(=O)c1n[nH]c2c1CCC(c1ccccc1)C2. The van der Waals surface area contributed by atoms with Crippen LogP contribution in [0.5, 0.6) is 5.75 Å². The number of aromatic nitrogens is 2. The van der Waals surface area contributed by atoms with Crippen LogP contribution in [0, 0.1) is 0 Å². The third-order valence-corrected chi connectivity index (χ3v) is 5.82. The van der Waals surface area contributed by atoms with Gasteiger partial charge in [0.15, 0.2) is 5.69 Å². The number of carbonyl (C=O) groups is 2. The summed E-state index contributed by atoms with van der Waals surface area (Å²) in [5.74, 6) is 0.950. The number of nitrogens with zero attached hydrogens (tertiary/aromatic N) is 2.